The van der Waals surface area contributed by atoms with E-state index in [1.165, 1.54) is 15.8 Å². The molecule has 0 unspecified atom stereocenters. The monoisotopic (exact) mass is 369 g/mol. The first-order valence-electron chi connectivity index (χ1n) is 9.00. The molecular formula is C19H23N5OS. The number of hydrogen-bond donors (Lipinski definition) is 0. The Balaban J connectivity index is 1.48. The van der Waals surface area contributed by atoms with E-state index in [2.05, 4.69) is 36.0 Å². The van der Waals surface area contributed by atoms with Gasteiger partial charge in [-0.2, -0.15) is 5.10 Å². The fourth-order valence-electron chi connectivity index (χ4n) is 3.52. The molecule has 0 N–H and O–H groups in total. The molecule has 7 heteroatoms. The number of piperazine rings is 1. The molecular weight excluding hydrogens is 346 g/mol. The average Bonchev–Trinajstić information content (AvgIpc) is 3.28. The quantitative estimate of drug-likeness (QED) is 0.712. The Morgan fingerprint density at radius 2 is 1.96 bits per heavy atom. The van der Waals surface area contributed by atoms with E-state index in [0.29, 0.717) is 25.3 Å². The zero-order valence-electron chi connectivity index (χ0n) is 15.4. The van der Waals surface area contributed by atoms with Crippen LogP contribution in [-0.4, -0.2) is 51.8 Å². The molecule has 1 saturated heterocycles. The molecule has 0 bridgehead atoms. The van der Waals surface area contributed by atoms with Crippen molar-refractivity contribution >= 4 is 32.6 Å². The van der Waals surface area contributed by atoms with Crippen molar-refractivity contribution in [2.45, 2.75) is 27.3 Å². The molecule has 4 rings (SSSR count). The molecule has 0 atom stereocenters. The molecule has 2 aromatic heterocycles. The molecule has 1 aliphatic rings. The van der Waals surface area contributed by atoms with Gasteiger partial charge in [-0.15, -0.1) is 0 Å². The lowest BCUT2D eigenvalue weighted by molar-refractivity contribution is 0.0734. The van der Waals surface area contributed by atoms with Crippen LogP contribution in [0.1, 0.15) is 28.5 Å². The van der Waals surface area contributed by atoms with Crippen LogP contribution in [0.4, 0.5) is 5.13 Å². The largest absolute Gasteiger partial charge is 0.345 e. The summed E-state index contributed by atoms with van der Waals surface area (Å²) in [6, 6.07) is 6.19. The normalized spacial score (nSPS) is 15.0. The number of thiazole rings is 1. The minimum Gasteiger partial charge on any atom is -0.345 e. The molecule has 3 aromatic rings. The Morgan fingerprint density at radius 1 is 1.19 bits per heavy atom. The molecule has 1 aliphatic heterocycles. The molecule has 0 spiro atoms. The van der Waals surface area contributed by atoms with E-state index in [-0.39, 0.29) is 5.91 Å². The smallest absolute Gasteiger partial charge is 0.272 e. The predicted octanol–water partition coefficient (Wildman–Crippen LogP) is 3.09. The number of hydrogen-bond acceptors (Lipinski definition) is 5. The highest BCUT2D eigenvalue weighted by Gasteiger charge is 2.25. The summed E-state index contributed by atoms with van der Waals surface area (Å²) in [5.74, 6) is 0.0692. The standard InChI is InChI=1S/C19H23N5OS/c1-4-24-15(5-6-20-24)18(25)22-7-9-23(10-8-22)19-21-17-14(3)11-13(2)12-16(17)26-19/h5-6,11-12H,4,7-10H2,1-3H3. The number of carbonyl (C=O) groups is 1. The molecule has 0 radical (unpaired) electrons. The number of rotatable bonds is 3. The first-order chi connectivity index (χ1) is 12.6. The second kappa shape index (κ2) is 6.72. The van der Waals surface area contributed by atoms with E-state index in [9.17, 15) is 4.79 Å². The zero-order valence-corrected chi connectivity index (χ0v) is 16.2. The maximum absolute atomic E-state index is 12.7. The average molecular weight is 369 g/mol. The van der Waals surface area contributed by atoms with Crippen molar-refractivity contribution in [3.63, 3.8) is 0 Å². The number of carbonyl (C=O) groups excluding carboxylic acids is 1. The summed E-state index contributed by atoms with van der Waals surface area (Å²) in [6.07, 6.45) is 1.69. The molecule has 136 valence electrons. The number of fused-ring (bicyclic) bond motifs is 1. The number of nitrogens with zero attached hydrogens (tertiary/aromatic N) is 5. The molecule has 3 heterocycles. The summed E-state index contributed by atoms with van der Waals surface area (Å²) in [5.41, 5.74) is 4.27. The van der Waals surface area contributed by atoms with Crippen molar-refractivity contribution in [3.05, 3.63) is 41.2 Å². The van der Waals surface area contributed by atoms with Crippen LogP contribution in [0.2, 0.25) is 0 Å². The van der Waals surface area contributed by atoms with Gasteiger partial charge in [-0.3, -0.25) is 9.48 Å². The Morgan fingerprint density at radius 3 is 2.69 bits per heavy atom. The number of aryl methyl sites for hydroxylation is 3. The summed E-state index contributed by atoms with van der Waals surface area (Å²) in [7, 11) is 0. The van der Waals surface area contributed by atoms with Crippen molar-refractivity contribution in [2.24, 2.45) is 0 Å². The fourth-order valence-corrected chi connectivity index (χ4v) is 4.72. The van der Waals surface area contributed by atoms with Crippen molar-refractivity contribution < 1.29 is 4.79 Å². The third kappa shape index (κ3) is 2.96. The highest BCUT2D eigenvalue weighted by atomic mass is 32.1. The Hall–Kier alpha value is -2.41. The zero-order chi connectivity index (χ0) is 18.3. The minimum atomic E-state index is 0.0692. The van der Waals surface area contributed by atoms with Gasteiger partial charge in [0, 0.05) is 38.9 Å². The van der Waals surface area contributed by atoms with Gasteiger partial charge in [-0.1, -0.05) is 17.4 Å². The van der Waals surface area contributed by atoms with Crippen molar-refractivity contribution in [3.8, 4) is 0 Å². The molecule has 26 heavy (non-hydrogen) atoms. The SMILES string of the molecule is CCn1nccc1C(=O)N1CCN(c2nc3c(C)cc(C)cc3s2)CC1. The van der Waals surface area contributed by atoms with E-state index in [1.807, 2.05) is 11.8 Å². The van der Waals surface area contributed by atoms with Crippen molar-refractivity contribution in [1.82, 2.24) is 19.7 Å². The van der Waals surface area contributed by atoms with Crippen LogP contribution >= 0.6 is 11.3 Å². The van der Waals surface area contributed by atoms with Gasteiger partial charge in [0.1, 0.15) is 5.69 Å². The molecule has 1 amide bonds. The van der Waals surface area contributed by atoms with Gasteiger partial charge in [-0.05, 0) is 44.0 Å². The second-order valence-corrected chi connectivity index (χ2v) is 7.75. The fraction of sp³-hybridized carbons (Fsp3) is 0.421. The van der Waals surface area contributed by atoms with Crippen LogP contribution < -0.4 is 4.90 Å². The molecule has 6 nitrogen and oxygen atoms in total. The van der Waals surface area contributed by atoms with E-state index in [1.54, 1.807) is 28.3 Å². The summed E-state index contributed by atoms with van der Waals surface area (Å²) >= 11 is 1.74. The lowest BCUT2D eigenvalue weighted by atomic mass is 10.1. The maximum Gasteiger partial charge on any atom is 0.272 e. The Bertz CT molecular complexity index is 952. The second-order valence-electron chi connectivity index (χ2n) is 6.74. The number of aromatic nitrogens is 3. The molecule has 1 aromatic carbocycles. The Labute approximate surface area is 157 Å². The van der Waals surface area contributed by atoms with Crippen LogP contribution in [0.5, 0.6) is 0 Å². The van der Waals surface area contributed by atoms with Crippen LogP contribution in [-0.2, 0) is 6.54 Å². The van der Waals surface area contributed by atoms with Crippen LogP contribution in [0.15, 0.2) is 24.4 Å². The maximum atomic E-state index is 12.7. The summed E-state index contributed by atoms with van der Waals surface area (Å²) in [6.45, 7) is 9.98. The first kappa shape index (κ1) is 17.0. The third-order valence-corrected chi connectivity index (χ3v) is 5.95. The highest BCUT2D eigenvalue weighted by molar-refractivity contribution is 7.22. The van der Waals surface area contributed by atoms with Gasteiger partial charge in [0.05, 0.1) is 10.2 Å². The predicted molar refractivity (Wildman–Crippen MR) is 105 cm³/mol. The highest BCUT2D eigenvalue weighted by Crippen LogP contribution is 2.32. The van der Waals surface area contributed by atoms with Gasteiger partial charge >= 0.3 is 0 Å². The van der Waals surface area contributed by atoms with E-state index in [4.69, 9.17) is 4.98 Å². The van der Waals surface area contributed by atoms with Crippen molar-refractivity contribution in [1.29, 1.82) is 0 Å². The van der Waals surface area contributed by atoms with Crippen LogP contribution in [0.3, 0.4) is 0 Å². The van der Waals surface area contributed by atoms with Crippen LogP contribution in [0, 0.1) is 13.8 Å². The molecule has 1 fully saturated rings. The van der Waals surface area contributed by atoms with Gasteiger partial charge in [0.25, 0.3) is 5.91 Å². The topological polar surface area (TPSA) is 54.3 Å². The van der Waals surface area contributed by atoms with Gasteiger partial charge in [0.15, 0.2) is 5.13 Å². The number of benzene rings is 1. The number of anilines is 1. The third-order valence-electron chi connectivity index (χ3n) is 4.89. The number of amides is 1. The first-order valence-corrected chi connectivity index (χ1v) is 9.82. The van der Waals surface area contributed by atoms with E-state index in [0.717, 1.165) is 23.7 Å². The molecule has 0 aliphatic carbocycles. The lowest BCUT2D eigenvalue weighted by Gasteiger charge is -2.34. The molecule has 0 saturated carbocycles. The summed E-state index contributed by atoms with van der Waals surface area (Å²) in [4.78, 5) is 21.8. The minimum absolute atomic E-state index is 0.0692. The van der Waals surface area contributed by atoms with Crippen molar-refractivity contribution in [2.75, 3.05) is 31.1 Å². The lowest BCUT2D eigenvalue weighted by Crippen LogP contribution is -2.49. The Kier molecular flexibility index (Phi) is 4.40. The van der Waals surface area contributed by atoms with Crippen LogP contribution in [0.25, 0.3) is 10.2 Å². The van der Waals surface area contributed by atoms with Gasteiger partial charge in [-0.25, -0.2) is 4.98 Å². The van der Waals surface area contributed by atoms with Gasteiger partial charge in [0.2, 0.25) is 0 Å². The summed E-state index contributed by atoms with van der Waals surface area (Å²) < 4.78 is 3.00. The van der Waals surface area contributed by atoms with E-state index >= 15 is 0 Å². The summed E-state index contributed by atoms with van der Waals surface area (Å²) in [5, 5.41) is 5.26. The van der Waals surface area contributed by atoms with E-state index < -0.39 is 0 Å². The van der Waals surface area contributed by atoms with Gasteiger partial charge < -0.3 is 9.80 Å².